The second-order valence-electron chi connectivity index (χ2n) is 1.37. The highest BCUT2D eigenvalue weighted by atomic mass is 15.1. The van der Waals surface area contributed by atoms with E-state index >= 15 is 0 Å². The van der Waals surface area contributed by atoms with E-state index in [4.69, 9.17) is 0 Å². The summed E-state index contributed by atoms with van der Waals surface area (Å²) in [5, 5.41) is 7.36. The van der Waals surface area contributed by atoms with E-state index in [9.17, 15) is 0 Å². The minimum absolute atomic E-state index is 0.961. The Kier molecular flexibility index (Phi) is 4.57. The molecule has 0 bridgehead atoms. The second kappa shape index (κ2) is 5.14. The van der Waals surface area contributed by atoms with Crippen LogP contribution in [0.5, 0.6) is 0 Å². The molecule has 50 valence electrons. The average molecular weight is 126 g/mol. The fourth-order valence-electron chi connectivity index (χ4n) is 0.379. The van der Waals surface area contributed by atoms with Gasteiger partial charge in [0.25, 0.3) is 0 Å². The van der Waals surface area contributed by atoms with Crippen LogP contribution >= 0.6 is 0 Å². The van der Waals surface area contributed by atoms with E-state index < -0.39 is 0 Å². The first-order valence-electron chi connectivity index (χ1n) is 2.47. The number of nitrogens with zero attached hydrogens (tertiary/aromatic N) is 2. The normalized spacial score (nSPS) is 7.44. The lowest BCUT2D eigenvalue weighted by atomic mass is 10.4. The van der Waals surface area contributed by atoms with E-state index in [0.717, 1.165) is 5.69 Å². The standard InChI is InChI=1S/C5H6N2.H4N2/c1-5-3-2-4-6-7-5;1-2/h2-4H,1H3;1-2H2. The minimum atomic E-state index is 0.961. The molecule has 0 atom stereocenters. The average Bonchev–Trinajstić information content (AvgIpc) is 1.94. The Labute approximate surface area is 53.9 Å². The van der Waals surface area contributed by atoms with E-state index in [0.29, 0.717) is 0 Å². The van der Waals surface area contributed by atoms with Gasteiger partial charge in [0.15, 0.2) is 0 Å². The number of aryl methyl sites for hydroxylation is 1. The van der Waals surface area contributed by atoms with Crippen molar-refractivity contribution < 1.29 is 0 Å². The van der Waals surface area contributed by atoms with Gasteiger partial charge < -0.3 is 0 Å². The van der Waals surface area contributed by atoms with Crippen LogP contribution in [0.25, 0.3) is 0 Å². The van der Waals surface area contributed by atoms with Gasteiger partial charge in [0.05, 0.1) is 5.69 Å². The van der Waals surface area contributed by atoms with Crippen LogP contribution in [0.15, 0.2) is 18.3 Å². The molecule has 0 saturated heterocycles. The molecule has 0 fully saturated rings. The van der Waals surface area contributed by atoms with Crippen LogP contribution < -0.4 is 11.7 Å². The lowest BCUT2D eigenvalue weighted by Crippen LogP contribution is -2.02. The molecular weight excluding hydrogens is 116 g/mol. The molecule has 0 aliphatic heterocycles. The number of hydrogen-bond donors (Lipinski definition) is 2. The molecule has 4 N–H and O–H groups in total. The zero-order valence-corrected chi connectivity index (χ0v) is 5.28. The second-order valence-corrected chi connectivity index (χ2v) is 1.37. The lowest BCUT2D eigenvalue weighted by Gasteiger charge is -1.80. The van der Waals surface area contributed by atoms with Crippen LogP contribution in [0.3, 0.4) is 0 Å². The van der Waals surface area contributed by atoms with Crippen molar-refractivity contribution >= 4 is 0 Å². The summed E-state index contributed by atoms with van der Waals surface area (Å²) in [5.41, 5.74) is 0.961. The number of nitrogens with two attached hydrogens (primary N) is 2. The SMILES string of the molecule is Cc1cccnn1.NN. The van der Waals surface area contributed by atoms with Crippen molar-refractivity contribution in [1.29, 1.82) is 0 Å². The Morgan fingerprint density at radius 1 is 1.44 bits per heavy atom. The predicted octanol–water partition coefficient (Wildman–Crippen LogP) is -0.396. The highest BCUT2D eigenvalue weighted by molar-refractivity contribution is 4.94. The van der Waals surface area contributed by atoms with Gasteiger partial charge in [-0.1, -0.05) is 0 Å². The summed E-state index contributed by atoms with van der Waals surface area (Å²) in [6.45, 7) is 1.91. The molecule has 1 rings (SSSR count). The topological polar surface area (TPSA) is 77.8 Å². The van der Waals surface area contributed by atoms with E-state index in [-0.39, 0.29) is 0 Å². The highest BCUT2D eigenvalue weighted by Crippen LogP contribution is 1.82. The zero-order chi connectivity index (χ0) is 7.11. The molecule has 1 aromatic heterocycles. The molecule has 4 nitrogen and oxygen atoms in total. The van der Waals surface area contributed by atoms with Crippen LogP contribution in [0, 0.1) is 6.92 Å². The van der Waals surface area contributed by atoms with Crippen molar-refractivity contribution in [2.24, 2.45) is 11.7 Å². The maximum absolute atomic E-state index is 4.00. The van der Waals surface area contributed by atoms with Crippen molar-refractivity contribution in [3.05, 3.63) is 24.0 Å². The molecule has 0 aromatic carbocycles. The number of aromatic nitrogens is 2. The first-order valence-corrected chi connectivity index (χ1v) is 2.47. The minimum Gasteiger partial charge on any atom is -0.274 e. The van der Waals surface area contributed by atoms with Crippen LogP contribution in [0.4, 0.5) is 0 Å². The summed E-state index contributed by atoms with van der Waals surface area (Å²) in [6, 6.07) is 3.77. The van der Waals surface area contributed by atoms with Crippen LogP contribution in [0.2, 0.25) is 0 Å². The molecule has 0 radical (unpaired) electrons. The first-order chi connectivity index (χ1) is 4.39. The van der Waals surface area contributed by atoms with Gasteiger partial charge in [0.1, 0.15) is 0 Å². The molecule has 0 spiro atoms. The molecule has 0 saturated carbocycles. The molecule has 1 aromatic rings. The van der Waals surface area contributed by atoms with Gasteiger partial charge in [0.2, 0.25) is 0 Å². The summed E-state index contributed by atoms with van der Waals surface area (Å²) < 4.78 is 0. The fourth-order valence-corrected chi connectivity index (χ4v) is 0.379. The Hall–Kier alpha value is -1.00. The highest BCUT2D eigenvalue weighted by Gasteiger charge is 1.74. The van der Waals surface area contributed by atoms with E-state index in [1.165, 1.54) is 0 Å². The van der Waals surface area contributed by atoms with Gasteiger partial charge in [-0.25, -0.2) is 0 Å². The van der Waals surface area contributed by atoms with Gasteiger partial charge >= 0.3 is 0 Å². The Balaban J connectivity index is 0.000000291. The smallest absolute Gasteiger partial charge is 0.0600 e. The third kappa shape index (κ3) is 3.57. The molecule has 0 amide bonds. The summed E-state index contributed by atoms with van der Waals surface area (Å²) >= 11 is 0. The van der Waals surface area contributed by atoms with E-state index in [1.54, 1.807) is 6.20 Å². The van der Waals surface area contributed by atoms with Crippen LogP contribution in [-0.4, -0.2) is 10.2 Å². The van der Waals surface area contributed by atoms with Crippen molar-refractivity contribution in [2.75, 3.05) is 0 Å². The fraction of sp³-hybridized carbons (Fsp3) is 0.200. The van der Waals surface area contributed by atoms with Crippen molar-refractivity contribution in [1.82, 2.24) is 10.2 Å². The molecule has 9 heavy (non-hydrogen) atoms. The molecule has 1 heterocycles. The Bertz CT molecular complexity index is 139. The monoisotopic (exact) mass is 126 g/mol. The number of hydrazine groups is 1. The lowest BCUT2D eigenvalue weighted by molar-refractivity contribution is 0.980. The third-order valence-electron chi connectivity index (χ3n) is 0.706. The summed E-state index contributed by atoms with van der Waals surface area (Å²) in [5.74, 6) is 8.00. The maximum atomic E-state index is 4.00. The van der Waals surface area contributed by atoms with Gasteiger partial charge in [-0.2, -0.15) is 10.2 Å². The van der Waals surface area contributed by atoms with E-state index in [1.807, 2.05) is 19.1 Å². The van der Waals surface area contributed by atoms with Gasteiger partial charge in [-0.3, -0.25) is 11.7 Å². The largest absolute Gasteiger partial charge is 0.274 e. The Morgan fingerprint density at radius 3 is 2.33 bits per heavy atom. The van der Waals surface area contributed by atoms with Crippen molar-refractivity contribution in [3.8, 4) is 0 Å². The maximum Gasteiger partial charge on any atom is 0.0600 e. The number of hydrogen-bond acceptors (Lipinski definition) is 4. The Morgan fingerprint density at radius 2 is 2.11 bits per heavy atom. The molecule has 0 aliphatic carbocycles. The first kappa shape index (κ1) is 8.00. The summed E-state index contributed by atoms with van der Waals surface area (Å²) in [7, 11) is 0. The number of rotatable bonds is 0. The van der Waals surface area contributed by atoms with Crippen molar-refractivity contribution in [3.63, 3.8) is 0 Å². The van der Waals surface area contributed by atoms with E-state index in [2.05, 4.69) is 21.9 Å². The zero-order valence-electron chi connectivity index (χ0n) is 5.28. The molecule has 4 heteroatoms. The molecular formula is C5H10N4. The third-order valence-corrected chi connectivity index (χ3v) is 0.706. The predicted molar refractivity (Wildman–Crippen MR) is 35.1 cm³/mol. The van der Waals surface area contributed by atoms with Crippen molar-refractivity contribution in [2.45, 2.75) is 6.92 Å². The molecule has 0 aliphatic rings. The van der Waals surface area contributed by atoms with Gasteiger partial charge in [-0.05, 0) is 19.1 Å². The van der Waals surface area contributed by atoms with Crippen LogP contribution in [-0.2, 0) is 0 Å². The van der Waals surface area contributed by atoms with Gasteiger partial charge in [0, 0.05) is 6.20 Å². The summed E-state index contributed by atoms with van der Waals surface area (Å²) in [4.78, 5) is 0. The van der Waals surface area contributed by atoms with Crippen LogP contribution in [0.1, 0.15) is 5.69 Å². The molecule has 0 unspecified atom stereocenters. The van der Waals surface area contributed by atoms with Gasteiger partial charge in [-0.15, -0.1) is 0 Å². The quantitative estimate of drug-likeness (QED) is 0.366. The summed E-state index contributed by atoms with van der Waals surface area (Å²) in [6.07, 6.45) is 1.66.